The van der Waals surface area contributed by atoms with Crippen molar-refractivity contribution in [1.82, 2.24) is 10.2 Å². The van der Waals surface area contributed by atoms with E-state index in [1.165, 1.54) is 6.08 Å². The average molecular weight is 399 g/mol. The maximum absolute atomic E-state index is 12.1. The summed E-state index contributed by atoms with van der Waals surface area (Å²) in [6.45, 7) is 6.67. The molecular formula is C19H24Cl2N2O3. The van der Waals surface area contributed by atoms with Crippen LogP contribution in [0, 0.1) is 0 Å². The van der Waals surface area contributed by atoms with E-state index in [-0.39, 0.29) is 18.0 Å². The summed E-state index contributed by atoms with van der Waals surface area (Å²) in [4.78, 5) is 25.8. The molecule has 0 radical (unpaired) electrons. The quantitative estimate of drug-likeness (QED) is 0.761. The molecule has 7 heteroatoms. The monoisotopic (exact) mass is 398 g/mol. The van der Waals surface area contributed by atoms with Gasteiger partial charge in [0.25, 0.3) is 0 Å². The number of carbonyl (C=O) groups is 2. The van der Waals surface area contributed by atoms with Gasteiger partial charge in [-0.2, -0.15) is 0 Å². The lowest BCUT2D eigenvalue weighted by molar-refractivity contribution is -0.117. The largest absolute Gasteiger partial charge is 0.444 e. The predicted octanol–water partition coefficient (Wildman–Crippen LogP) is 4.52. The zero-order valence-corrected chi connectivity index (χ0v) is 16.7. The number of likely N-dealkylation sites (tertiary alicyclic amines) is 1. The molecule has 0 aliphatic carbocycles. The first kappa shape index (κ1) is 20.6. The van der Waals surface area contributed by atoms with Gasteiger partial charge in [0.2, 0.25) is 5.91 Å². The topological polar surface area (TPSA) is 58.6 Å². The minimum absolute atomic E-state index is 0.0413. The van der Waals surface area contributed by atoms with Gasteiger partial charge in [0.1, 0.15) is 5.60 Å². The van der Waals surface area contributed by atoms with Gasteiger partial charge in [0.15, 0.2) is 0 Å². The van der Waals surface area contributed by atoms with Gasteiger partial charge in [-0.3, -0.25) is 4.79 Å². The summed E-state index contributed by atoms with van der Waals surface area (Å²) in [6.07, 6.45) is 4.26. The van der Waals surface area contributed by atoms with Crippen LogP contribution in [-0.4, -0.2) is 41.6 Å². The molecule has 5 nitrogen and oxygen atoms in total. The van der Waals surface area contributed by atoms with Crippen molar-refractivity contribution in [2.75, 3.05) is 13.1 Å². The van der Waals surface area contributed by atoms with Gasteiger partial charge >= 0.3 is 6.09 Å². The van der Waals surface area contributed by atoms with Crippen molar-refractivity contribution in [2.45, 2.75) is 45.3 Å². The molecule has 1 aromatic rings. The van der Waals surface area contributed by atoms with E-state index in [0.29, 0.717) is 36.0 Å². The smallest absolute Gasteiger partial charge is 0.410 e. The highest BCUT2D eigenvalue weighted by atomic mass is 35.5. The van der Waals surface area contributed by atoms with Crippen LogP contribution in [0.3, 0.4) is 0 Å². The van der Waals surface area contributed by atoms with Gasteiger partial charge in [-0.05, 0) is 57.4 Å². The lowest BCUT2D eigenvalue weighted by atomic mass is 10.1. The van der Waals surface area contributed by atoms with Gasteiger partial charge in [-0.15, -0.1) is 0 Å². The zero-order chi connectivity index (χ0) is 19.3. The molecule has 1 N–H and O–H groups in total. The summed E-state index contributed by atoms with van der Waals surface area (Å²) in [5, 5.41) is 3.88. The number of benzene rings is 1. The normalized spacial score (nSPS) is 16.0. The summed E-state index contributed by atoms with van der Waals surface area (Å²) in [6, 6.07) is 5.22. The first-order chi connectivity index (χ1) is 12.1. The molecule has 1 fully saturated rings. The highest BCUT2D eigenvalue weighted by molar-refractivity contribution is 6.42. The molecule has 2 amide bonds. The SMILES string of the molecule is CC(C)(C)OC(=O)N1CCC(NC(=O)/C=C/c2ccc(Cl)c(Cl)c2)CC1. The molecule has 1 heterocycles. The van der Waals surface area contributed by atoms with Gasteiger partial charge < -0.3 is 15.0 Å². The summed E-state index contributed by atoms with van der Waals surface area (Å²) in [5.74, 6) is -0.174. The van der Waals surface area contributed by atoms with E-state index in [1.807, 2.05) is 20.8 Å². The molecule has 1 saturated heterocycles. The van der Waals surface area contributed by atoms with Crippen LogP contribution < -0.4 is 5.32 Å². The number of halogens is 2. The number of piperidine rings is 1. The van der Waals surface area contributed by atoms with E-state index >= 15 is 0 Å². The molecule has 142 valence electrons. The number of rotatable bonds is 3. The average Bonchev–Trinajstić information content (AvgIpc) is 2.55. The van der Waals surface area contributed by atoms with Crippen molar-refractivity contribution < 1.29 is 14.3 Å². The Labute approximate surface area is 164 Å². The van der Waals surface area contributed by atoms with Crippen molar-refractivity contribution in [3.63, 3.8) is 0 Å². The van der Waals surface area contributed by atoms with Crippen LogP contribution in [-0.2, 0) is 9.53 Å². The van der Waals surface area contributed by atoms with E-state index in [9.17, 15) is 9.59 Å². The van der Waals surface area contributed by atoms with Crippen LogP contribution >= 0.6 is 23.2 Å². The molecule has 0 bridgehead atoms. The van der Waals surface area contributed by atoms with E-state index in [1.54, 1.807) is 29.2 Å². The Balaban J connectivity index is 1.79. The molecule has 1 aliphatic rings. The summed E-state index contributed by atoms with van der Waals surface area (Å²) < 4.78 is 5.37. The van der Waals surface area contributed by atoms with Crippen LogP contribution in [0.25, 0.3) is 6.08 Å². The van der Waals surface area contributed by atoms with Crippen LogP contribution in [0.2, 0.25) is 10.0 Å². The first-order valence-corrected chi connectivity index (χ1v) is 9.31. The fourth-order valence-corrected chi connectivity index (χ4v) is 2.88. The molecule has 26 heavy (non-hydrogen) atoms. The number of amides is 2. The minimum Gasteiger partial charge on any atom is -0.444 e. The van der Waals surface area contributed by atoms with Crippen LogP contribution in [0.15, 0.2) is 24.3 Å². The minimum atomic E-state index is -0.502. The second-order valence-corrected chi connectivity index (χ2v) is 8.07. The number of carbonyl (C=O) groups excluding carboxylic acids is 2. The fraction of sp³-hybridized carbons (Fsp3) is 0.474. The zero-order valence-electron chi connectivity index (χ0n) is 15.2. The number of hydrogen-bond acceptors (Lipinski definition) is 3. The second-order valence-electron chi connectivity index (χ2n) is 7.26. The van der Waals surface area contributed by atoms with Crippen LogP contribution in [0.4, 0.5) is 4.79 Å². The van der Waals surface area contributed by atoms with Crippen molar-refractivity contribution in [3.05, 3.63) is 39.9 Å². The van der Waals surface area contributed by atoms with E-state index in [2.05, 4.69) is 5.32 Å². The van der Waals surface area contributed by atoms with Gasteiger partial charge in [0, 0.05) is 25.2 Å². The maximum Gasteiger partial charge on any atom is 0.410 e. The van der Waals surface area contributed by atoms with Crippen molar-refractivity contribution in [2.24, 2.45) is 0 Å². The highest BCUT2D eigenvalue weighted by Gasteiger charge is 2.27. The third kappa shape index (κ3) is 6.54. The van der Waals surface area contributed by atoms with E-state index in [0.717, 1.165) is 5.56 Å². The van der Waals surface area contributed by atoms with Gasteiger partial charge in [-0.25, -0.2) is 4.79 Å². The summed E-state index contributed by atoms with van der Waals surface area (Å²) in [7, 11) is 0. The van der Waals surface area contributed by atoms with Crippen LogP contribution in [0.1, 0.15) is 39.2 Å². The Morgan fingerprint density at radius 3 is 2.42 bits per heavy atom. The predicted molar refractivity (Wildman–Crippen MR) is 104 cm³/mol. The third-order valence-corrected chi connectivity index (χ3v) is 4.60. The molecular weight excluding hydrogens is 375 g/mol. The second kappa shape index (κ2) is 8.78. The van der Waals surface area contributed by atoms with E-state index in [4.69, 9.17) is 27.9 Å². The van der Waals surface area contributed by atoms with Crippen LogP contribution in [0.5, 0.6) is 0 Å². The van der Waals surface area contributed by atoms with Gasteiger partial charge in [-0.1, -0.05) is 29.3 Å². The Morgan fingerprint density at radius 1 is 1.19 bits per heavy atom. The van der Waals surface area contributed by atoms with Gasteiger partial charge in [0.05, 0.1) is 10.0 Å². The van der Waals surface area contributed by atoms with Crippen molar-refractivity contribution >= 4 is 41.3 Å². The lowest BCUT2D eigenvalue weighted by Gasteiger charge is -2.33. The molecule has 2 rings (SSSR count). The summed E-state index contributed by atoms with van der Waals surface area (Å²) in [5.41, 5.74) is 0.298. The molecule has 0 spiro atoms. The standard InChI is InChI=1S/C19H24Cl2N2O3/c1-19(2,3)26-18(25)23-10-8-14(9-11-23)22-17(24)7-5-13-4-6-15(20)16(21)12-13/h4-7,12,14H,8-11H2,1-3H3,(H,22,24)/b7-5+. The molecule has 0 saturated carbocycles. The Hall–Kier alpha value is -1.72. The fourth-order valence-electron chi connectivity index (χ4n) is 2.57. The Kier molecular flexibility index (Phi) is 6.95. The molecule has 1 aliphatic heterocycles. The molecule has 0 unspecified atom stereocenters. The van der Waals surface area contributed by atoms with E-state index < -0.39 is 5.60 Å². The highest BCUT2D eigenvalue weighted by Crippen LogP contribution is 2.23. The lowest BCUT2D eigenvalue weighted by Crippen LogP contribution is -2.47. The number of nitrogens with one attached hydrogen (secondary N) is 1. The summed E-state index contributed by atoms with van der Waals surface area (Å²) >= 11 is 11.8. The maximum atomic E-state index is 12.1. The molecule has 1 aromatic carbocycles. The Bertz CT molecular complexity index is 691. The Morgan fingerprint density at radius 2 is 1.85 bits per heavy atom. The number of nitrogens with zero attached hydrogens (tertiary/aromatic N) is 1. The molecule has 0 aromatic heterocycles. The number of hydrogen-bond donors (Lipinski definition) is 1. The number of ether oxygens (including phenoxy) is 1. The third-order valence-electron chi connectivity index (χ3n) is 3.86. The first-order valence-electron chi connectivity index (χ1n) is 8.55. The molecule has 0 atom stereocenters. The van der Waals surface area contributed by atoms with Crippen molar-refractivity contribution in [3.8, 4) is 0 Å². The van der Waals surface area contributed by atoms with Crippen molar-refractivity contribution in [1.29, 1.82) is 0 Å².